The number of carbonyl (C=O) groups excluding carboxylic acids is 1. The van der Waals surface area contributed by atoms with Crippen molar-refractivity contribution in [2.45, 2.75) is 59.9 Å². The third-order valence-corrected chi connectivity index (χ3v) is 6.28. The molecule has 2 rings (SSSR count). The summed E-state index contributed by atoms with van der Waals surface area (Å²) >= 11 is 5.50. The Labute approximate surface area is 237 Å². The van der Waals surface area contributed by atoms with Crippen LogP contribution in [0.5, 0.6) is 11.5 Å². The molecule has 0 saturated carbocycles. The van der Waals surface area contributed by atoms with Crippen LogP contribution in [-0.2, 0) is 32.7 Å². The third-order valence-electron chi connectivity index (χ3n) is 5.99. The Bertz CT molecular complexity index is 1120. The molecule has 0 bridgehead atoms. The van der Waals surface area contributed by atoms with Gasteiger partial charge in [-0.25, -0.2) is 4.79 Å². The molecule has 8 nitrogen and oxygen atoms in total. The number of hydrogen-bond acceptors (Lipinski definition) is 6. The van der Waals surface area contributed by atoms with E-state index in [1.807, 2.05) is 26.8 Å². The molecule has 2 aromatic carbocycles. The minimum atomic E-state index is -1.06. The SMILES string of the molecule is COc1cc(CNC(=S)NCC(COC(=O)C(C)(C)C)Cc2ccc(C(C)(C)C)cc2)ccc1OCC(=O)O. The maximum atomic E-state index is 12.4. The van der Waals surface area contributed by atoms with E-state index in [0.717, 1.165) is 17.5 Å². The average Bonchev–Trinajstić information content (AvgIpc) is 2.86. The van der Waals surface area contributed by atoms with Gasteiger partial charge in [-0.15, -0.1) is 0 Å². The number of thiocarbonyl (C=S) groups is 1. The highest BCUT2D eigenvalue weighted by molar-refractivity contribution is 7.80. The number of carbonyl (C=O) groups is 2. The van der Waals surface area contributed by atoms with Crippen molar-refractivity contribution < 1.29 is 28.9 Å². The van der Waals surface area contributed by atoms with Gasteiger partial charge in [0.15, 0.2) is 23.2 Å². The van der Waals surface area contributed by atoms with E-state index in [-0.39, 0.29) is 23.9 Å². The number of hydrogen-bond donors (Lipinski definition) is 3. The molecule has 0 radical (unpaired) electrons. The zero-order valence-electron chi connectivity index (χ0n) is 24.1. The molecule has 0 saturated heterocycles. The Hall–Kier alpha value is -3.33. The Morgan fingerprint density at radius 1 is 0.949 bits per heavy atom. The first-order valence-corrected chi connectivity index (χ1v) is 13.4. The molecular weight excluding hydrogens is 516 g/mol. The molecule has 9 heteroatoms. The summed E-state index contributed by atoms with van der Waals surface area (Å²) in [5, 5.41) is 15.7. The molecule has 0 aliphatic carbocycles. The Morgan fingerprint density at radius 2 is 1.59 bits per heavy atom. The lowest BCUT2D eigenvalue weighted by Crippen LogP contribution is -2.39. The van der Waals surface area contributed by atoms with E-state index in [1.165, 1.54) is 12.7 Å². The van der Waals surface area contributed by atoms with E-state index < -0.39 is 18.0 Å². The molecule has 214 valence electrons. The minimum Gasteiger partial charge on any atom is -0.493 e. The van der Waals surface area contributed by atoms with Crippen molar-refractivity contribution in [2.75, 3.05) is 26.9 Å². The van der Waals surface area contributed by atoms with Crippen LogP contribution in [0, 0.1) is 11.3 Å². The van der Waals surface area contributed by atoms with E-state index in [2.05, 4.69) is 55.7 Å². The summed E-state index contributed by atoms with van der Waals surface area (Å²) in [7, 11) is 1.50. The second-order valence-corrected chi connectivity index (χ2v) is 12.0. The first-order chi connectivity index (χ1) is 18.2. The van der Waals surface area contributed by atoms with Crippen LogP contribution in [0.1, 0.15) is 58.2 Å². The van der Waals surface area contributed by atoms with Crippen LogP contribution in [0.3, 0.4) is 0 Å². The van der Waals surface area contributed by atoms with Crippen LogP contribution in [0.15, 0.2) is 42.5 Å². The van der Waals surface area contributed by atoms with Crippen LogP contribution in [0.2, 0.25) is 0 Å². The summed E-state index contributed by atoms with van der Waals surface area (Å²) in [6, 6.07) is 13.8. The van der Waals surface area contributed by atoms with Gasteiger partial charge in [0.25, 0.3) is 0 Å². The number of carboxylic acids is 1. The standard InChI is InChI=1S/C30H42N2O6S/c1-29(2,3)23-11-8-20(9-12-23)14-22(18-38-27(35)30(4,5)6)17-32-28(39)31-16-21-10-13-24(25(15-21)36-7)37-19-26(33)34/h8-13,15,22H,14,16-19H2,1-7H3,(H,33,34)(H2,31,32,39). The minimum absolute atomic E-state index is 0.0160. The highest BCUT2D eigenvalue weighted by Gasteiger charge is 2.24. The molecule has 0 aliphatic heterocycles. The fraction of sp³-hybridized carbons (Fsp3) is 0.500. The number of esters is 1. The topological polar surface area (TPSA) is 106 Å². The Kier molecular flexibility index (Phi) is 11.6. The second-order valence-electron chi connectivity index (χ2n) is 11.6. The van der Waals surface area contributed by atoms with Gasteiger partial charge in [0.1, 0.15) is 0 Å². The Morgan fingerprint density at radius 3 is 2.15 bits per heavy atom. The summed E-state index contributed by atoms with van der Waals surface area (Å²) in [5.74, 6) is -0.490. The van der Waals surface area contributed by atoms with Gasteiger partial charge in [0.2, 0.25) is 0 Å². The van der Waals surface area contributed by atoms with E-state index in [1.54, 1.807) is 12.1 Å². The average molecular weight is 559 g/mol. The molecule has 3 N–H and O–H groups in total. The van der Waals surface area contributed by atoms with Gasteiger partial charge in [-0.1, -0.05) is 51.1 Å². The molecule has 0 heterocycles. The van der Waals surface area contributed by atoms with Crippen molar-refractivity contribution >= 4 is 29.3 Å². The largest absolute Gasteiger partial charge is 0.493 e. The summed E-state index contributed by atoms with van der Waals surface area (Å²) in [6.07, 6.45) is 0.729. The third kappa shape index (κ3) is 11.1. The number of ether oxygens (including phenoxy) is 3. The normalized spacial score (nSPS) is 12.3. The van der Waals surface area contributed by atoms with Crippen LogP contribution in [0.25, 0.3) is 0 Å². The van der Waals surface area contributed by atoms with Crippen molar-refractivity contribution in [1.82, 2.24) is 10.6 Å². The predicted octanol–water partition coefficient (Wildman–Crippen LogP) is 4.87. The van der Waals surface area contributed by atoms with Gasteiger partial charge < -0.3 is 30.0 Å². The lowest BCUT2D eigenvalue weighted by atomic mass is 9.86. The predicted molar refractivity (Wildman–Crippen MR) is 156 cm³/mol. The molecule has 0 spiro atoms. The highest BCUT2D eigenvalue weighted by atomic mass is 32.1. The maximum Gasteiger partial charge on any atom is 0.341 e. The van der Waals surface area contributed by atoms with E-state index >= 15 is 0 Å². The number of methoxy groups -OCH3 is 1. The molecular formula is C30H42N2O6S. The zero-order valence-corrected chi connectivity index (χ0v) is 24.9. The number of benzene rings is 2. The summed E-state index contributed by atoms with van der Waals surface area (Å²) < 4.78 is 16.2. The van der Waals surface area contributed by atoms with Gasteiger partial charge >= 0.3 is 11.9 Å². The van der Waals surface area contributed by atoms with Gasteiger partial charge in [0, 0.05) is 19.0 Å². The number of rotatable bonds is 12. The smallest absolute Gasteiger partial charge is 0.341 e. The van der Waals surface area contributed by atoms with Crippen molar-refractivity contribution in [3.05, 3.63) is 59.2 Å². The number of nitrogens with one attached hydrogen (secondary N) is 2. The van der Waals surface area contributed by atoms with Crippen LogP contribution in [-0.4, -0.2) is 49.0 Å². The van der Waals surface area contributed by atoms with Crippen molar-refractivity contribution in [1.29, 1.82) is 0 Å². The van der Waals surface area contributed by atoms with Crippen LogP contribution in [0.4, 0.5) is 0 Å². The van der Waals surface area contributed by atoms with Gasteiger partial charge in [-0.2, -0.15) is 0 Å². The monoisotopic (exact) mass is 558 g/mol. The van der Waals surface area contributed by atoms with Crippen molar-refractivity contribution in [2.24, 2.45) is 11.3 Å². The molecule has 1 atom stereocenters. The van der Waals surface area contributed by atoms with E-state index in [9.17, 15) is 9.59 Å². The van der Waals surface area contributed by atoms with Crippen molar-refractivity contribution in [3.63, 3.8) is 0 Å². The fourth-order valence-electron chi connectivity index (χ4n) is 3.64. The molecule has 1 unspecified atom stereocenters. The summed E-state index contributed by atoms with van der Waals surface area (Å²) in [5.41, 5.74) is 2.82. The van der Waals surface area contributed by atoms with E-state index in [0.29, 0.717) is 29.7 Å². The summed E-state index contributed by atoms with van der Waals surface area (Å²) in [4.78, 5) is 23.2. The van der Waals surface area contributed by atoms with Crippen molar-refractivity contribution in [3.8, 4) is 11.5 Å². The van der Waals surface area contributed by atoms with Gasteiger partial charge in [-0.05, 0) is 73.6 Å². The second kappa shape index (κ2) is 14.2. The summed E-state index contributed by atoms with van der Waals surface area (Å²) in [6.45, 7) is 12.9. The first kappa shape index (κ1) is 31.9. The molecule has 0 aliphatic rings. The van der Waals surface area contributed by atoms with Crippen LogP contribution < -0.4 is 20.1 Å². The Balaban J connectivity index is 1.99. The van der Waals surface area contributed by atoms with E-state index in [4.69, 9.17) is 31.5 Å². The molecule has 0 fully saturated rings. The fourth-order valence-corrected chi connectivity index (χ4v) is 3.79. The number of carboxylic acid groups (broad SMARTS) is 1. The van der Waals surface area contributed by atoms with Gasteiger partial charge in [-0.3, -0.25) is 4.79 Å². The highest BCUT2D eigenvalue weighted by Crippen LogP contribution is 2.28. The maximum absolute atomic E-state index is 12.4. The lowest BCUT2D eigenvalue weighted by Gasteiger charge is -2.23. The zero-order chi connectivity index (χ0) is 29.2. The quantitative estimate of drug-likeness (QED) is 0.249. The first-order valence-electron chi connectivity index (χ1n) is 13.0. The number of aliphatic carboxylic acids is 1. The molecule has 0 aromatic heterocycles. The lowest BCUT2D eigenvalue weighted by molar-refractivity contribution is -0.154. The van der Waals surface area contributed by atoms with Gasteiger partial charge in [0.05, 0.1) is 19.1 Å². The molecule has 39 heavy (non-hydrogen) atoms. The molecule has 0 amide bonds. The molecule has 2 aromatic rings. The van der Waals surface area contributed by atoms with Crippen LogP contribution >= 0.6 is 12.2 Å².